The van der Waals surface area contributed by atoms with Crippen LogP contribution in [0.3, 0.4) is 0 Å². The highest BCUT2D eigenvalue weighted by Crippen LogP contribution is 2.34. The van der Waals surface area contributed by atoms with Gasteiger partial charge in [-0.15, -0.1) is 0 Å². The zero-order valence-electron chi connectivity index (χ0n) is 11.5. The quantitative estimate of drug-likeness (QED) is 0.883. The largest absolute Gasteiger partial charge is 0.379 e. The average Bonchev–Trinajstić information content (AvgIpc) is 2.49. The van der Waals surface area contributed by atoms with Crippen LogP contribution in [0.5, 0.6) is 0 Å². The normalized spacial score (nSPS) is 33.2. The molecule has 0 spiro atoms. The van der Waals surface area contributed by atoms with E-state index in [0.29, 0.717) is 18.0 Å². The number of rotatable bonds is 2. The minimum Gasteiger partial charge on any atom is -0.379 e. The maximum Gasteiger partial charge on any atom is 0.0594 e. The van der Waals surface area contributed by atoms with Crippen LogP contribution < -0.4 is 5.73 Å². The van der Waals surface area contributed by atoms with E-state index in [1.165, 1.54) is 18.4 Å². The van der Waals surface area contributed by atoms with E-state index in [1.54, 1.807) is 0 Å². The van der Waals surface area contributed by atoms with Gasteiger partial charge in [-0.25, -0.2) is 0 Å². The molecule has 1 aliphatic carbocycles. The molecule has 3 nitrogen and oxygen atoms in total. The van der Waals surface area contributed by atoms with Gasteiger partial charge < -0.3 is 10.5 Å². The smallest absolute Gasteiger partial charge is 0.0594 e. The number of ether oxygens (including phenoxy) is 1. The van der Waals surface area contributed by atoms with Crippen molar-refractivity contribution in [2.75, 3.05) is 26.3 Å². The van der Waals surface area contributed by atoms with Crippen LogP contribution in [0.2, 0.25) is 0 Å². The summed E-state index contributed by atoms with van der Waals surface area (Å²) in [5, 5.41) is 0. The summed E-state index contributed by atoms with van der Waals surface area (Å²) in [6, 6.07) is 11.8. The first-order valence-electron chi connectivity index (χ1n) is 7.47. The van der Waals surface area contributed by atoms with E-state index in [9.17, 15) is 0 Å². The molecule has 1 aliphatic heterocycles. The first-order chi connectivity index (χ1) is 9.34. The molecule has 1 saturated heterocycles. The Balaban J connectivity index is 1.70. The molecule has 0 radical (unpaired) electrons. The van der Waals surface area contributed by atoms with Crippen LogP contribution in [0.1, 0.15) is 30.7 Å². The molecule has 2 aliphatic rings. The van der Waals surface area contributed by atoms with E-state index in [4.69, 9.17) is 10.5 Å². The Labute approximate surface area is 115 Å². The average molecular weight is 260 g/mol. The van der Waals surface area contributed by atoms with E-state index in [2.05, 4.69) is 35.2 Å². The summed E-state index contributed by atoms with van der Waals surface area (Å²) in [6.07, 6.45) is 3.57. The molecule has 1 saturated carbocycles. The van der Waals surface area contributed by atoms with Gasteiger partial charge in [-0.2, -0.15) is 0 Å². The van der Waals surface area contributed by atoms with Gasteiger partial charge in [-0.3, -0.25) is 4.90 Å². The molecule has 1 heterocycles. The predicted octanol–water partition coefficient (Wildman–Crippen LogP) is 1.98. The summed E-state index contributed by atoms with van der Waals surface area (Å²) in [4.78, 5) is 2.54. The van der Waals surface area contributed by atoms with Crippen LogP contribution in [0, 0.1) is 0 Å². The Morgan fingerprint density at radius 2 is 1.79 bits per heavy atom. The Hall–Kier alpha value is -0.900. The third-order valence-corrected chi connectivity index (χ3v) is 4.65. The van der Waals surface area contributed by atoms with Crippen molar-refractivity contribution < 1.29 is 4.74 Å². The lowest BCUT2D eigenvalue weighted by molar-refractivity contribution is 0.00149. The van der Waals surface area contributed by atoms with Crippen molar-refractivity contribution in [2.24, 2.45) is 5.73 Å². The number of nitrogens with zero attached hydrogens (tertiary/aromatic N) is 1. The Bertz CT molecular complexity index is 389. The maximum atomic E-state index is 6.37. The summed E-state index contributed by atoms with van der Waals surface area (Å²) in [7, 11) is 0. The van der Waals surface area contributed by atoms with Gasteiger partial charge in [0.15, 0.2) is 0 Å². The lowest BCUT2D eigenvalue weighted by Gasteiger charge is -2.43. The summed E-state index contributed by atoms with van der Waals surface area (Å²) < 4.78 is 5.45. The molecule has 0 aromatic heterocycles. The number of nitrogens with two attached hydrogens (primary N) is 1. The molecule has 1 aromatic rings. The van der Waals surface area contributed by atoms with Gasteiger partial charge in [0, 0.05) is 25.2 Å². The summed E-state index contributed by atoms with van der Waals surface area (Å²) in [5.74, 6) is 0.675. The molecule has 3 heteroatoms. The second kappa shape index (κ2) is 6.04. The summed E-state index contributed by atoms with van der Waals surface area (Å²) in [6.45, 7) is 3.80. The third kappa shape index (κ3) is 2.99. The number of hydrogen-bond donors (Lipinski definition) is 1. The first kappa shape index (κ1) is 13.1. The highest BCUT2D eigenvalue weighted by molar-refractivity contribution is 5.21. The minimum absolute atomic E-state index is 0.332. The van der Waals surface area contributed by atoms with E-state index in [-0.39, 0.29) is 0 Å². The van der Waals surface area contributed by atoms with Crippen LogP contribution in [0.15, 0.2) is 30.3 Å². The molecule has 3 rings (SSSR count). The molecule has 0 amide bonds. The van der Waals surface area contributed by atoms with Crippen LogP contribution in [0.4, 0.5) is 0 Å². The number of hydrogen-bond acceptors (Lipinski definition) is 3. The number of morpholine rings is 1. The van der Waals surface area contributed by atoms with Crippen LogP contribution in [0.25, 0.3) is 0 Å². The fourth-order valence-corrected chi connectivity index (χ4v) is 3.53. The van der Waals surface area contributed by atoms with Crippen LogP contribution >= 0.6 is 0 Å². The van der Waals surface area contributed by atoms with Crippen molar-refractivity contribution in [3.63, 3.8) is 0 Å². The molecule has 3 atom stereocenters. The Kier molecular flexibility index (Phi) is 4.16. The van der Waals surface area contributed by atoms with Crippen molar-refractivity contribution in [3.8, 4) is 0 Å². The zero-order valence-corrected chi connectivity index (χ0v) is 11.5. The molecule has 1 aromatic carbocycles. The molecule has 19 heavy (non-hydrogen) atoms. The fourth-order valence-electron chi connectivity index (χ4n) is 3.53. The van der Waals surface area contributed by atoms with Gasteiger partial charge >= 0.3 is 0 Å². The second-order valence-corrected chi connectivity index (χ2v) is 5.80. The molecule has 2 fully saturated rings. The van der Waals surface area contributed by atoms with Gasteiger partial charge in [0.2, 0.25) is 0 Å². The van der Waals surface area contributed by atoms with Gasteiger partial charge in [-0.1, -0.05) is 30.3 Å². The zero-order chi connectivity index (χ0) is 13.1. The number of benzene rings is 1. The molecule has 0 bridgehead atoms. The van der Waals surface area contributed by atoms with E-state index in [1.807, 2.05) is 0 Å². The molecule has 104 valence electrons. The van der Waals surface area contributed by atoms with Crippen LogP contribution in [-0.2, 0) is 4.74 Å². The van der Waals surface area contributed by atoms with Crippen molar-refractivity contribution in [2.45, 2.75) is 37.3 Å². The van der Waals surface area contributed by atoms with Gasteiger partial charge in [-0.05, 0) is 30.7 Å². The predicted molar refractivity (Wildman–Crippen MR) is 77.2 cm³/mol. The van der Waals surface area contributed by atoms with E-state index < -0.39 is 0 Å². The minimum atomic E-state index is 0.332. The summed E-state index contributed by atoms with van der Waals surface area (Å²) >= 11 is 0. The highest BCUT2D eigenvalue weighted by atomic mass is 16.5. The molecule has 3 unspecified atom stereocenters. The third-order valence-electron chi connectivity index (χ3n) is 4.65. The topological polar surface area (TPSA) is 38.5 Å². The highest BCUT2D eigenvalue weighted by Gasteiger charge is 2.33. The van der Waals surface area contributed by atoms with Gasteiger partial charge in [0.05, 0.1) is 13.2 Å². The second-order valence-electron chi connectivity index (χ2n) is 5.80. The monoisotopic (exact) mass is 260 g/mol. The van der Waals surface area contributed by atoms with Gasteiger partial charge in [0.1, 0.15) is 0 Å². The van der Waals surface area contributed by atoms with Gasteiger partial charge in [0.25, 0.3) is 0 Å². The molecular weight excluding hydrogens is 236 g/mol. The fraction of sp³-hybridized carbons (Fsp3) is 0.625. The maximum absolute atomic E-state index is 6.37. The van der Waals surface area contributed by atoms with E-state index >= 15 is 0 Å². The molecule has 2 N–H and O–H groups in total. The lowest BCUT2D eigenvalue weighted by atomic mass is 9.78. The van der Waals surface area contributed by atoms with Crippen molar-refractivity contribution in [1.82, 2.24) is 4.90 Å². The Morgan fingerprint density at radius 1 is 1.05 bits per heavy atom. The SMILES string of the molecule is NC1CCC(c2ccccc2)CC1N1CCOCC1. The standard InChI is InChI=1S/C16H24N2O/c17-15-7-6-14(13-4-2-1-3-5-13)12-16(15)18-8-10-19-11-9-18/h1-5,14-16H,6-12,17H2. The van der Waals surface area contributed by atoms with Crippen molar-refractivity contribution >= 4 is 0 Å². The van der Waals surface area contributed by atoms with Crippen LogP contribution in [-0.4, -0.2) is 43.3 Å². The Morgan fingerprint density at radius 3 is 2.53 bits per heavy atom. The summed E-state index contributed by atoms with van der Waals surface area (Å²) in [5.41, 5.74) is 7.85. The molecular formula is C16H24N2O. The lowest BCUT2D eigenvalue weighted by Crippen LogP contribution is -2.54. The van der Waals surface area contributed by atoms with E-state index in [0.717, 1.165) is 32.7 Å². The van der Waals surface area contributed by atoms with Crippen molar-refractivity contribution in [1.29, 1.82) is 0 Å². The van der Waals surface area contributed by atoms with Crippen molar-refractivity contribution in [3.05, 3.63) is 35.9 Å². The first-order valence-corrected chi connectivity index (χ1v) is 7.47.